The van der Waals surface area contributed by atoms with Crippen LogP contribution < -0.4 is 4.90 Å². The molecular weight excluding hydrogens is 441 g/mol. The van der Waals surface area contributed by atoms with Crippen LogP contribution in [0.5, 0.6) is 0 Å². The minimum Gasteiger partial charge on any atom is -0.338 e. The summed E-state index contributed by atoms with van der Waals surface area (Å²) in [7, 11) is -3.60. The van der Waals surface area contributed by atoms with Gasteiger partial charge in [0.2, 0.25) is 16.0 Å². The van der Waals surface area contributed by atoms with E-state index in [0.717, 1.165) is 17.7 Å². The molecule has 6 nitrogen and oxygen atoms in total. The van der Waals surface area contributed by atoms with Crippen molar-refractivity contribution in [3.05, 3.63) is 71.9 Å². The van der Waals surface area contributed by atoms with E-state index in [2.05, 4.69) is 9.97 Å². The highest BCUT2D eigenvalue weighted by Crippen LogP contribution is 2.32. The zero-order valence-corrected chi connectivity index (χ0v) is 18.1. The van der Waals surface area contributed by atoms with Crippen LogP contribution in [-0.4, -0.2) is 48.9 Å². The fourth-order valence-corrected chi connectivity index (χ4v) is 5.10. The molecule has 0 radical (unpaired) electrons. The minimum absolute atomic E-state index is 0.257. The number of alkyl halides is 3. The lowest BCUT2D eigenvalue weighted by molar-refractivity contribution is -0.137. The fraction of sp³-hybridized carbons (Fsp3) is 0.273. The largest absolute Gasteiger partial charge is 0.416 e. The van der Waals surface area contributed by atoms with Crippen molar-refractivity contribution in [1.29, 1.82) is 0 Å². The van der Waals surface area contributed by atoms with Crippen LogP contribution in [-0.2, 0) is 16.2 Å². The van der Waals surface area contributed by atoms with E-state index in [1.54, 1.807) is 30.3 Å². The van der Waals surface area contributed by atoms with Gasteiger partial charge in [0.1, 0.15) is 0 Å². The van der Waals surface area contributed by atoms with E-state index in [-0.39, 0.29) is 18.0 Å². The highest BCUT2D eigenvalue weighted by Gasteiger charge is 2.31. The van der Waals surface area contributed by atoms with Gasteiger partial charge in [0.05, 0.1) is 16.2 Å². The highest BCUT2D eigenvalue weighted by atomic mass is 32.2. The lowest BCUT2D eigenvalue weighted by Gasteiger charge is -2.34. The summed E-state index contributed by atoms with van der Waals surface area (Å²) < 4.78 is 66.4. The molecule has 0 spiro atoms. The Morgan fingerprint density at radius 2 is 1.66 bits per heavy atom. The molecule has 0 bridgehead atoms. The van der Waals surface area contributed by atoms with Gasteiger partial charge in [-0.15, -0.1) is 0 Å². The first kappa shape index (κ1) is 22.2. The van der Waals surface area contributed by atoms with Gasteiger partial charge in [-0.1, -0.05) is 24.3 Å². The standard InChI is InChI=1S/C22H21F3N4O2S/c1-16-4-2-7-19(14-16)32(30,31)29-12-10-28(11-13-29)21-26-9-8-20(27-21)17-5-3-6-18(15-17)22(23,24)25/h2-9,14-15H,10-13H2,1H3. The Kier molecular flexibility index (Phi) is 5.91. The Morgan fingerprint density at radius 3 is 2.34 bits per heavy atom. The number of piperazine rings is 1. The summed E-state index contributed by atoms with van der Waals surface area (Å²) in [5, 5.41) is 0. The van der Waals surface area contributed by atoms with E-state index in [0.29, 0.717) is 30.3 Å². The van der Waals surface area contributed by atoms with E-state index < -0.39 is 21.8 Å². The van der Waals surface area contributed by atoms with Gasteiger partial charge in [-0.25, -0.2) is 18.4 Å². The van der Waals surface area contributed by atoms with E-state index in [4.69, 9.17) is 0 Å². The molecular formula is C22H21F3N4O2S. The van der Waals surface area contributed by atoms with Gasteiger partial charge in [-0.3, -0.25) is 0 Å². The summed E-state index contributed by atoms with van der Waals surface area (Å²) in [5.74, 6) is 0.354. The average molecular weight is 462 g/mol. The molecule has 1 aliphatic rings. The predicted molar refractivity (Wildman–Crippen MR) is 115 cm³/mol. The molecule has 1 aliphatic heterocycles. The van der Waals surface area contributed by atoms with Crippen molar-refractivity contribution in [2.45, 2.75) is 18.0 Å². The zero-order valence-electron chi connectivity index (χ0n) is 17.2. The van der Waals surface area contributed by atoms with Crippen LogP contribution in [0.4, 0.5) is 19.1 Å². The summed E-state index contributed by atoms with van der Waals surface area (Å²) in [4.78, 5) is 10.8. The van der Waals surface area contributed by atoms with Crippen LogP contribution in [0.1, 0.15) is 11.1 Å². The topological polar surface area (TPSA) is 66.4 Å². The van der Waals surface area contributed by atoms with E-state index in [1.165, 1.54) is 16.6 Å². The van der Waals surface area contributed by atoms with Crippen LogP contribution in [0.25, 0.3) is 11.3 Å². The second kappa shape index (κ2) is 8.51. The molecule has 0 aliphatic carbocycles. The molecule has 0 saturated carbocycles. The van der Waals surface area contributed by atoms with Crippen molar-refractivity contribution in [2.24, 2.45) is 0 Å². The molecule has 3 aromatic rings. The lowest BCUT2D eigenvalue weighted by Crippen LogP contribution is -2.49. The van der Waals surface area contributed by atoms with E-state index >= 15 is 0 Å². The number of benzene rings is 2. The maximum Gasteiger partial charge on any atom is 0.416 e. The third-order valence-electron chi connectivity index (χ3n) is 5.28. The fourth-order valence-electron chi connectivity index (χ4n) is 3.57. The molecule has 4 rings (SSSR count). The maximum atomic E-state index is 13.0. The third kappa shape index (κ3) is 4.61. The van der Waals surface area contributed by atoms with Crippen molar-refractivity contribution < 1.29 is 21.6 Å². The van der Waals surface area contributed by atoms with E-state index in [1.807, 2.05) is 17.9 Å². The first-order valence-corrected chi connectivity index (χ1v) is 11.4. The van der Waals surface area contributed by atoms with E-state index in [9.17, 15) is 21.6 Å². The van der Waals surface area contributed by atoms with Gasteiger partial charge in [0.15, 0.2) is 0 Å². The van der Waals surface area contributed by atoms with Crippen LogP contribution in [0, 0.1) is 6.92 Å². The number of sulfonamides is 1. The first-order valence-electron chi connectivity index (χ1n) is 9.97. The van der Waals surface area contributed by atoms with Gasteiger partial charge in [0.25, 0.3) is 0 Å². The van der Waals surface area contributed by atoms with Crippen molar-refractivity contribution in [3.8, 4) is 11.3 Å². The van der Waals surface area contributed by atoms with Gasteiger partial charge in [-0.2, -0.15) is 17.5 Å². The van der Waals surface area contributed by atoms with Crippen molar-refractivity contribution in [2.75, 3.05) is 31.1 Å². The Balaban J connectivity index is 1.50. The summed E-state index contributed by atoms with van der Waals surface area (Å²) in [5.41, 5.74) is 0.828. The number of nitrogens with zero attached hydrogens (tertiary/aromatic N) is 4. The van der Waals surface area contributed by atoms with Crippen molar-refractivity contribution in [1.82, 2.24) is 14.3 Å². The van der Waals surface area contributed by atoms with Crippen LogP contribution >= 0.6 is 0 Å². The normalized spacial score (nSPS) is 15.7. The summed E-state index contributed by atoms with van der Waals surface area (Å²) >= 11 is 0. The number of anilines is 1. The molecule has 0 atom stereocenters. The third-order valence-corrected chi connectivity index (χ3v) is 7.17. The molecule has 2 heterocycles. The minimum atomic E-state index is -4.44. The van der Waals surface area contributed by atoms with Crippen molar-refractivity contribution >= 4 is 16.0 Å². The van der Waals surface area contributed by atoms with Crippen LogP contribution in [0.15, 0.2) is 65.7 Å². The number of rotatable bonds is 4. The van der Waals surface area contributed by atoms with Crippen LogP contribution in [0.3, 0.4) is 0 Å². The average Bonchev–Trinajstić information content (AvgIpc) is 2.79. The van der Waals surface area contributed by atoms with Gasteiger partial charge in [0, 0.05) is 37.9 Å². The molecule has 1 saturated heterocycles. The molecule has 0 N–H and O–H groups in total. The molecule has 1 fully saturated rings. The molecule has 0 amide bonds. The quantitative estimate of drug-likeness (QED) is 0.587. The Morgan fingerprint density at radius 1 is 0.938 bits per heavy atom. The molecule has 10 heteroatoms. The number of halogens is 3. The smallest absolute Gasteiger partial charge is 0.338 e. The monoisotopic (exact) mass is 462 g/mol. The molecule has 0 unspecified atom stereocenters. The Bertz CT molecular complexity index is 1220. The van der Waals surface area contributed by atoms with Crippen LogP contribution in [0.2, 0.25) is 0 Å². The molecule has 32 heavy (non-hydrogen) atoms. The van der Waals surface area contributed by atoms with Gasteiger partial charge < -0.3 is 4.90 Å². The summed E-state index contributed by atoms with van der Waals surface area (Å²) in [6.45, 7) is 3.10. The highest BCUT2D eigenvalue weighted by molar-refractivity contribution is 7.89. The zero-order chi connectivity index (χ0) is 22.9. The molecule has 1 aromatic heterocycles. The first-order chi connectivity index (χ1) is 15.1. The lowest BCUT2D eigenvalue weighted by atomic mass is 10.1. The Hall–Kier alpha value is -2.98. The molecule has 2 aromatic carbocycles. The summed E-state index contributed by atoms with van der Waals surface area (Å²) in [6.07, 6.45) is -2.95. The summed E-state index contributed by atoms with van der Waals surface area (Å²) in [6, 6.07) is 13.3. The molecule has 168 valence electrons. The second-order valence-corrected chi connectivity index (χ2v) is 9.47. The predicted octanol–water partition coefficient (Wildman–Crippen LogP) is 3.98. The van der Waals surface area contributed by atoms with Gasteiger partial charge in [-0.05, 0) is 42.8 Å². The second-order valence-electron chi connectivity index (χ2n) is 7.53. The van der Waals surface area contributed by atoms with Gasteiger partial charge >= 0.3 is 6.18 Å². The number of aryl methyl sites for hydroxylation is 1. The Labute approximate surface area is 184 Å². The number of hydrogen-bond donors (Lipinski definition) is 0. The van der Waals surface area contributed by atoms with Crippen molar-refractivity contribution in [3.63, 3.8) is 0 Å². The maximum absolute atomic E-state index is 13.0. The SMILES string of the molecule is Cc1cccc(S(=O)(=O)N2CCN(c3nccc(-c4cccc(C(F)(F)F)c4)n3)CC2)c1. The number of hydrogen-bond acceptors (Lipinski definition) is 5. The number of aromatic nitrogens is 2.